The van der Waals surface area contributed by atoms with Gasteiger partial charge in [0.05, 0.1) is 17.5 Å². The van der Waals surface area contributed by atoms with Gasteiger partial charge in [-0.3, -0.25) is 9.69 Å². The highest BCUT2D eigenvalue weighted by atomic mass is 32.2. The molecule has 2 aliphatic heterocycles. The molecule has 0 spiro atoms. The zero-order valence-corrected chi connectivity index (χ0v) is 13.0. The first-order chi connectivity index (χ1) is 10.0. The normalized spacial score (nSPS) is 28.5. The number of carbonyl (C=O) groups excluding carboxylic acids is 1. The van der Waals surface area contributed by atoms with Crippen molar-refractivity contribution in [3.63, 3.8) is 0 Å². The molecule has 0 saturated carbocycles. The van der Waals surface area contributed by atoms with Crippen LogP contribution < -0.4 is 0 Å². The van der Waals surface area contributed by atoms with Crippen molar-refractivity contribution >= 4 is 15.7 Å². The molecular weight excluding hydrogens is 290 g/mol. The van der Waals surface area contributed by atoms with Crippen molar-refractivity contribution in [2.75, 3.05) is 31.1 Å². The van der Waals surface area contributed by atoms with E-state index in [-0.39, 0.29) is 29.5 Å². The summed E-state index contributed by atoms with van der Waals surface area (Å²) in [6, 6.07) is 3.25. The van der Waals surface area contributed by atoms with Crippen LogP contribution in [0.1, 0.15) is 23.8 Å². The highest BCUT2D eigenvalue weighted by Crippen LogP contribution is 2.28. The molecular formula is C14H21N3O3S. The Bertz CT molecular complexity index is 611. The SMILES string of the molecule is CCCN1CCN(C(=O)c2ccc[nH]2)[C@H]2CS(=O)(=O)C[C@H]21. The summed E-state index contributed by atoms with van der Waals surface area (Å²) in [5.41, 5.74) is 0.530. The molecule has 116 valence electrons. The number of nitrogens with one attached hydrogen (secondary N) is 1. The first-order valence-corrected chi connectivity index (χ1v) is 9.23. The van der Waals surface area contributed by atoms with Gasteiger partial charge >= 0.3 is 0 Å². The lowest BCUT2D eigenvalue weighted by molar-refractivity contribution is 0.0329. The molecule has 0 aromatic carbocycles. The minimum Gasteiger partial charge on any atom is -0.357 e. The van der Waals surface area contributed by atoms with Crippen molar-refractivity contribution in [1.82, 2.24) is 14.8 Å². The highest BCUT2D eigenvalue weighted by Gasteiger charge is 2.47. The van der Waals surface area contributed by atoms with Gasteiger partial charge in [0.15, 0.2) is 9.84 Å². The second-order valence-electron chi connectivity index (χ2n) is 5.83. The third-order valence-electron chi connectivity index (χ3n) is 4.39. The second kappa shape index (κ2) is 5.46. The van der Waals surface area contributed by atoms with Crippen molar-refractivity contribution in [3.05, 3.63) is 24.0 Å². The fourth-order valence-corrected chi connectivity index (χ4v) is 5.47. The van der Waals surface area contributed by atoms with E-state index in [2.05, 4.69) is 16.8 Å². The summed E-state index contributed by atoms with van der Waals surface area (Å²) in [6.45, 7) is 4.32. The van der Waals surface area contributed by atoms with E-state index in [0.29, 0.717) is 12.2 Å². The topological polar surface area (TPSA) is 73.5 Å². The molecule has 0 radical (unpaired) electrons. The van der Waals surface area contributed by atoms with Crippen LogP contribution in [0.4, 0.5) is 0 Å². The zero-order valence-electron chi connectivity index (χ0n) is 12.2. The molecule has 1 amide bonds. The van der Waals surface area contributed by atoms with E-state index in [1.807, 2.05) is 0 Å². The van der Waals surface area contributed by atoms with Gasteiger partial charge in [-0.1, -0.05) is 6.92 Å². The van der Waals surface area contributed by atoms with Gasteiger partial charge in [-0.05, 0) is 25.1 Å². The van der Waals surface area contributed by atoms with Crippen molar-refractivity contribution in [1.29, 1.82) is 0 Å². The van der Waals surface area contributed by atoms with Crippen LogP contribution in [0.15, 0.2) is 18.3 Å². The van der Waals surface area contributed by atoms with Gasteiger partial charge in [0.2, 0.25) is 0 Å². The number of piperazine rings is 1. The fraction of sp³-hybridized carbons (Fsp3) is 0.643. The molecule has 0 unspecified atom stereocenters. The number of rotatable bonds is 3. The Morgan fingerprint density at radius 3 is 2.76 bits per heavy atom. The van der Waals surface area contributed by atoms with E-state index in [0.717, 1.165) is 19.5 Å². The number of amides is 1. The van der Waals surface area contributed by atoms with Gasteiger partial charge in [-0.2, -0.15) is 0 Å². The zero-order chi connectivity index (χ0) is 15.0. The molecule has 6 nitrogen and oxygen atoms in total. The maximum absolute atomic E-state index is 12.6. The number of hydrogen-bond acceptors (Lipinski definition) is 4. The van der Waals surface area contributed by atoms with Gasteiger partial charge in [0, 0.05) is 25.3 Å². The predicted molar refractivity (Wildman–Crippen MR) is 79.9 cm³/mol. The molecule has 1 aromatic heterocycles. The molecule has 7 heteroatoms. The van der Waals surface area contributed by atoms with Gasteiger partial charge in [-0.25, -0.2) is 8.42 Å². The summed E-state index contributed by atoms with van der Waals surface area (Å²) in [5, 5.41) is 0. The highest BCUT2D eigenvalue weighted by molar-refractivity contribution is 7.91. The Morgan fingerprint density at radius 1 is 1.33 bits per heavy atom. The number of fused-ring (bicyclic) bond motifs is 1. The molecule has 2 atom stereocenters. The Labute approximate surface area is 125 Å². The minimum absolute atomic E-state index is 0.0531. The maximum atomic E-state index is 12.6. The fourth-order valence-electron chi connectivity index (χ4n) is 3.46. The van der Waals surface area contributed by atoms with Crippen LogP contribution in [-0.2, 0) is 9.84 Å². The summed E-state index contributed by atoms with van der Waals surface area (Å²) in [7, 11) is -3.06. The van der Waals surface area contributed by atoms with E-state index in [9.17, 15) is 13.2 Å². The Balaban J connectivity index is 1.86. The van der Waals surface area contributed by atoms with Crippen molar-refractivity contribution in [2.24, 2.45) is 0 Å². The first-order valence-electron chi connectivity index (χ1n) is 7.40. The monoisotopic (exact) mass is 311 g/mol. The third-order valence-corrected chi connectivity index (χ3v) is 6.09. The largest absolute Gasteiger partial charge is 0.357 e. The van der Waals surface area contributed by atoms with E-state index >= 15 is 0 Å². The van der Waals surface area contributed by atoms with Crippen molar-refractivity contribution < 1.29 is 13.2 Å². The first kappa shape index (κ1) is 14.6. The molecule has 1 N–H and O–H groups in total. The number of carbonyl (C=O) groups is 1. The lowest BCUT2D eigenvalue weighted by Crippen LogP contribution is -2.60. The Morgan fingerprint density at radius 2 is 2.10 bits per heavy atom. The van der Waals surface area contributed by atoms with Gasteiger partial charge in [-0.15, -0.1) is 0 Å². The number of aromatic amines is 1. The van der Waals surface area contributed by atoms with Crippen LogP contribution in [0.5, 0.6) is 0 Å². The Kier molecular flexibility index (Phi) is 3.79. The number of H-pyrrole nitrogens is 1. The maximum Gasteiger partial charge on any atom is 0.270 e. The van der Waals surface area contributed by atoms with E-state index in [4.69, 9.17) is 0 Å². The van der Waals surface area contributed by atoms with Crippen LogP contribution in [0.3, 0.4) is 0 Å². The molecule has 3 heterocycles. The van der Waals surface area contributed by atoms with Crippen LogP contribution in [-0.4, -0.2) is 72.3 Å². The molecule has 2 saturated heterocycles. The van der Waals surface area contributed by atoms with E-state index < -0.39 is 9.84 Å². The van der Waals surface area contributed by atoms with Crippen molar-refractivity contribution in [2.45, 2.75) is 25.4 Å². The van der Waals surface area contributed by atoms with Crippen LogP contribution in [0.25, 0.3) is 0 Å². The van der Waals surface area contributed by atoms with E-state index in [1.165, 1.54) is 0 Å². The standard InChI is InChI=1S/C14H21N3O3S/c1-2-6-16-7-8-17(14(18)11-4-3-5-15-11)13-10-21(19,20)9-12(13)16/h3-5,12-13,15H,2,6-10H2,1H3/t12-,13+/m1/s1. The summed E-state index contributed by atoms with van der Waals surface area (Å²) in [6.07, 6.45) is 2.71. The smallest absolute Gasteiger partial charge is 0.270 e. The number of nitrogens with zero attached hydrogens (tertiary/aromatic N) is 2. The number of sulfone groups is 1. The molecule has 2 fully saturated rings. The van der Waals surface area contributed by atoms with Crippen LogP contribution in [0.2, 0.25) is 0 Å². The predicted octanol–water partition coefficient (Wildman–Crippen LogP) is 0.348. The average Bonchev–Trinajstić information content (AvgIpc) is 3.05. The number of aromatic nitrogens is 1. The van der Waals surface area contributed by atoms with Crippen LogP contribution >= 0.6 is 0 Å². The van der Waals surface area contributed by atoms with Gasteiger partial charge in [0.25, 0.3) is 5.91 Å². The molecule has 0 aliphatic carbocycles. The summed E-state index contributed by atoms with van der Waals surface area (Å²) >= 11 is 0. The molecule has 2 aliphatic rings. The lowest BCUT2D eigenvalue weighted by atomic mass is 10.0. The quantitative estimate of drug-likeness (QED) is 0.874. The summed E-state index contributed by atoms with van der Waals surface area (Å²) in [5.74, 6) is 0.166. The summed E-state index contributed by atoms with van der Waals surface area (Å²) < 4.78 is 24.1. The van der Waals surface area contributed by atoms with E-state index in [1.54, 1.807) is 23.2 Å². The van der Waals surface area contributed by atoms with Crippen molar-refractivity contribution in [3.8, 4) is 0 Å². The number of hydrogen-bond donors (Lipinski definition) is 1. The Hall–Kier alpha value is -1.34. The second-order valence-corrected chi connectivity index (χ2v) is 7.98. The lowest BCUT2D eigenvalue weighted by Gasteiger charge is -2.43. The molecule has 3 rings (SSSR count). The third kappa shape index (κ3) is 2.72. The average molecular weight is 311 g/mol. The van der Waals surface area contributed by atoms with Gasteiger partial charge in [0.1, 0.15) is 5.69 Å². The van der Waals surface area contributed by atoms with Crippen LogP contribution in [0, 0.1) is 0 Å². The molecule has 1 aromatic rings. The molecule has 21 heavy (non-hydrogen) atoms. The molecule has 0 bridgehead atoms. The van der Waals surface area contributed by atoms with Gasteiger partial charge < -0.3 is 9.88 Å². The minimum atomic E-state index is -3.06. The summed E-state index contributed by atoms with van der Waals surface area (Å²) in [4.78, 5) is 19.5.